The van der Waals surface area contributed by atoms with Gasteiger partial charge in [0.05, 0.1) is 0 Å². The van der Waals surface area contributed by atoms with Crippen LogP contribution in [0.25, 0.3) is 0 Å². The minimum Gasteiger partial charge on any atom is -0.368 e. The molecule has 1 rings (SSSR count). The van der Waals surface area contributed by atoms with Gasteiger partial charge in [-0.25, -0.2) is 15.8 Å². The van der Waals surface area contributed by atoms with Crippen molar-refractivity contribution < 1.29 is 0 Å². The van der Waals surface area contributed by atoms with Gasteiger partial charge in [0.25, 0.3) is 0 Å². The summed E-state index contributed by atoms with van der Waals surface area (Å²) in [5.74, 6) is 6.66. The molecule has 0 aromatic carbocycles. The first-order valence-electron chi connectivity index (χ1n) is 5.21. The van der Waals surface area contributed by atoms with E-state index in [2.05, 4.69) is 57.4 Å². The third kappa shape index (κ3) is 3.31. The molecular formula is C10H18BrN5. The molecule has 0 unspecified atom stereocenters. The summed E-state index contributed by atoms with van der Waals surface area (Å²) < 4.78 is 0.754. The number of nitrogen functional groups attached to an aromatic ring is 1. The molecule has 0 saturated heterocycles. The van der Waals surface area contributed by atoms with Gasteiger partial charge < -0.3 is 10.7 Å². The molecule has 1 aromatic heterocycles. The SMILES string of the molecule is CCC(C)(C)CNc1ncnc(NN)c1Br. The summed E-state index contributed by atoms with van der Waals surface area (Å²) in [5.41, 5.74) is 2.75. The van der Waals surface area contributed by atoms with Crippen molar-refractivity contribution in [3.05, 3.63) is 10.8 Å². The maximum Gasteiger partial charge on any atom is 0.159 e. The average Bonchev–Trinajstić information content (AvgIpc) is 2.28. The standard InChI is InChI=1S/C10H18BrN5/c1-4-10(2,3)5-13-8-7(11)9(16-12)15-6-14-8/h6H,4-5,12H2,1-3H3,(H2,13,14,15,16). The summed E-state index contributed by atoms with van der Waals surface area (Å²) in [6.07, 6.45) is 2.58. The van der Waals surface area contributed by atoms with E-state index in [1.165, 1.54) is 6.33 Å². The lowest BCUT2D eigenvalue weighted by Gasteiger charge is -2.23. The van der Waals surface area contributed by atoms with Crippen LogP contribution in [0, 0.1) is 5.41 Å². The summed E-state index contributed by atoms with van der Waals surface area (Å²) in [6, 6.07) is 0. The van der Waals surface area contributed by atoms with Gasteiger partial charge in [-0.3, -0.25) is 0 Å². The van der Waals surface area contributed by atoms with Crippen LogP contribution >= 0.6 is 15.9 Å². The monoisotopic (exact) mass is 287 g/mol. The highest BCUT2D eigenvalue weighted by molar-refractivity contribution is 9.10. The van der Waals surface area contributed by atoms with Crippen LogP contribution in [0.4, 0.5) is 11.6 Å². The van der Waals surface area contributed by atoms with Gasteiger partial charge in [0.2, 0.25) is 0 Å². The summed E-state index contributed by atoms with van der Waals surface area (Å²) in [7, 11) is 0. The molecule has 0 aliphatic heterocycles. The number of rotatable bonds is 5. The quantitative estimate of drug-likeness (QED) is 0.573. The Morgan fingerprint density at radius 2 is 2.00 bits per heavy atom. The van der Waals surface area contributed by atoms with Crippen LogP contribution in [-0.4, -0.2) is 16.5 Å². The lowest BCUT2D eigenvalue weighted by Crippen LogP contribution is -2.23. The zero-order chi connectivity index (χ0) is 12.2. The second kappa shape index (κ2) is 5.45. The Bertz CT molecular complexity index is 353. The second-order valence-electron chi connectivity index (χ2n) is 4.40. The Hall–Kier alpha value is -0.880. The summed E-state index contributed by atoms with van der Waals surface area (Å²) in [5, 5.41) is 3.29. The molecule has 0 amide bonds. The highest BCUT2D eigenvalue weighted by Crippen LogP contribution is 2.27. The maximum atomic E-state index is 5.33. The molecule has 0 spiro atoms. The van der Waals surface area contributed by atoms with Crippen LogP contribution in [0.1, 0.15) is 27.2 Å². The third-order valence-electron chi connectivity index (χ3n) is 2.62. The number of nitrogens with two attached hydrogens (primary N) is 1. The fraction of sp³-hybridized carbons (Fsp3) is 0.600. The first kappa shape index (κ1) is 13.2. The van der Waals surface area contributed by atoms with Gasteiger partial charge in [-0.1, -0.05) is 20.8 Å². The van der Waals surface area contributed by atoms with Gasteiger partial charge in [-0.2, -0.15) is 0 Å². The zero-order valence-electron chi connectivity index (χ0n) is 9.84. The van der Waals surface area contributed by atoms with E-state index in [0.29, 0.717) is 5.82 Å². The molecule has 0 atom stereocenters. The van der Waals surface area contributed by atoms with Crippen molar-refractivity contribution in [3.8, 4) is 0 Å². The number of hydrogen-bond acceptors (Lipinski definition) is 5. The number of hydrogen-bond donors (Lipinski definition) is 3. The Balaban J connectivity index is 2.75. The molecule has 90 valence electrons. The van der Waals surface area contributed by atoms with Gasteiger partial charge in [0.15, 0.2) is 5.82 Å². The number of hydrazine groups is 1. The molecule has 6 heteroatoms. The average molecular weight is 288 g/mol. The van der Waals surface area contributed by atoms with E-state index in [1.54, 1.807) is 0 Å². The van der Waals surface area contributed by atoms with Crippen LogP contribution in [0.5, 0.6) is 0 Å². The lowest BCUT2D eigenvalue weighted by atomic mass is 9.90. The highest BCUT2D eigenvalue weighted by atomic mass is 79.9. The largest absolute Gasteiger partial charge is 0.368 e. The van der Waals surface area contributed by atoms with Gasteiger partial charge >= 0.3 is 0 Å². The zero-order valence-corrected chi connectivity index (χ0v) is 11.4. The number of halogens is 1. The number of anilines is 2. The van der Waals surface area contributed by atoms with Gasteiger partial charge in [-0.15, -0.1) is 0 Å². The first-order valence-corrected chi connectivity index (χ1v) is 6.00. The Morgan fingerprint density at radius 3 is 2.56 bits per heavy atom. The van der Waals surface area contributed by atoms with Crippen molar-refractivity contribution >= 4 is 27.6 Å². The van der Waals surface area contributed by atoms with E-state index in [9.17, 15) is 0 Å². The van der Waals surface area contributed by atoms with Crippen molar-refractivity contribution in [1.29, 1.82) is 0 Å². The molecule has 1 heterocycles. The maximum absolute atomic E-state index is 5.33. The molecule has 0 bridgehead atoms. The molecule has 16 heavy (non-hydrogen) atoms. The molecular weight excluding hydrogens is 270 g/mol. The topological polar surface area (TPSA) is 75.9 Å². The first-order chi connectivity index (χ1) is 7.50. The van der Waals surface area contributed by atoms with Crippen LogP contribution in [-0.2, 0) is 0 Å². The van der Waals surface area contributed by atoms with Crippen molar-refractivity contribution in [2.45, 2.75) is 27.2 Å². The smallest absolute Gasteiger partial charge is 0.159 e. The number of nitrogens with zero attached hydrogens (tertiary/aromatic N) is 2. The Labute approximate surface area is 104 Å². The molecule has 4 N–H and O–H groups in total. The normalized spacial score (nSPS) is 11.3. The van der Waals surface area contributed by atoms with E-state index < -0.39 is 0 Å². The second-order valence-corrected chi connectivity index (χ2v) is 5.19. The van der Waals surface area contributed by atoms with Gasteiger partial charge in [-0.05, 0) is 27.8 Å². The van der Waals surface area contributed by atoms with E-state index in [0.717, 1.165) is 23.3 Å². The van der Waals surface area contributed by atoms with Crippen LogP contribution < -0.4 is 16.6 Å². The molecule has 0 aliphatic rings. The van der Waals surface area contributed by atoms with E-state index >= 15 is 0 Å². The predicted octanol–water partition coefficient (Wildman–Crippen LogP) is 2.37. The van der Waals surface area contributed by atoms with Crippen LogP contribution in [0.15, 0.2) is 10.8 Å². The Morgan fingerprint density at radius 1 is 1.38 bits per heavy atom. The molecule has 0 radical (unpaired) electrons. The number of aromatic nitrogens is 2. The molecule has 0 saturated carbocycles. The lowest BCUT2D eigenvalue weighted by molar-refractivity contribution is 0.376. The molecule has 5 nitrogen and oxygen atoms in total. The minimum absolute atomic E-state index is 0.237. The summed E-state index contributed by atoms with van der Waals surface area (Å²) in [6.45, 7) is 7.43. The van der Waals surface area contributed by atoms with Crippen molar-refractivity contribution in [3.63, 3.8) is 0 Å². The molecule has 0 fully saturated rings. The van der Waals surface area contributed by atoms with Crippen molar-refractivity contribution in [1.82, 2.24) is 9.97 Å². The van der Waals surface area contributed by atoms with E-state index in [4.69, 9.17) is 5.84 Å². The van der Waals surface area contributed by atoms with Crippen LogP contribution in [0.3, 0.4) is 0 Å². The van der Waals surface area contributed by atoms with Crippen molar-refractivity contribution in [2.24, 2.45) is 11.3 Å². The van der Waals surface area contributed by atoms with E-state index in [1.807, 2.05) is 0 Å². The van der Waals surface area contributed by atoms with Gasteiger partial charge in [0, 0.05) is 6.54 Å². The highest BCUT2D eigenvalue weighted by Gasteiger charge is 2.16. The predicted molar refractivity (Wildman–Crippen MR) is 70.1 cm³/mol. The number of nitrogens with one attached hydrogen (secondary N) is 2. The minimum atomic E-state index is 0.237. The molecule has 1 aromatic rings. The fourth-order valence-electron chi connectivity index (χ4n) is 1.04. The van der Waals surface area contributed by atoms with Crippen LogP contribution in [0.2, 0.25) is 0 Å². The Kier molecular flexibility index (Phi) is 4.49. The summed E-state index contributed by atoms with van der Waals surface area (Å²) >= 11 is 3.40. The van der Waals surface area contributed by atoms with Gasteiger partial charge in [0.1, 0.15) is 16.6 Å². The van der Waals surface area contributed by atoms with E-state index in [-0.39, 0.29) is 5.41 Å². The summed E-state index contributed by atoms with van der Waals surface area (Å²) in [4.78, 5) is 8.15. The third-order valence-corrected chi connectivity index (χ3v) is 3.37. The van der Waals surface area contributed by atoms with Crippen molar-refractivity contribution in [2.75, 3.05) is 17.3 Å². The fourth-order valence-corrected chi connectivity index (χ4v) is 1.50. The molecule has 0 aliphatic carbocycles.